The molecule has 1 saturated heterocycles. The Kier molecular flexibility index (Phi) is 9.40. The molecule has 1 aliphatic heterocycles. The summed E-state index contributed by atoms with van der Waals surface area (Å²) in [4.78, 5) is 63.4. The number of amides is 1. The van der Waals surface area contributed by atoms with Gasteiger partial charge in [-0.2, -0.15) is 0 Å². The van der Waals surface area contributed by atoms with E-state index in [1.54, 1.807) is 54.6 Å². The van der Waals surface area contributed by atoms with Gasteiger partial charge in [0.15, 0.2) is 12.4 Å². The van der Waals surface area contributed by atoms with Gasteiger partial charge < -0.3 is 19.1 Å². The zero-order valence-electron chi connectivity index (χ0n) is 22.0. The number of unbranched alkanes of at least 4 members (excludes halogenated alkanes) is 1. The minimum Gasteiger partial charge on any atom is -0.462 e. The maximum atomic E-state index is 12.6. The third kappa shape index (κ3) is 7.19. The Balaban J connectivity index is 1.26. The zero-order chi connectivity index (χ0) is 28.5. The Bertz CT molecular complexity index is 1370. The molecule has 9 nitrogen and oxygen atoms in total. The van der Waals surface area contributed by atoms with Gasteiger partial charge in [-0.05, 0) is 67.1 Å². The highest BCUT2D eigenvalue weighted by Crippen LogP contribution is 2.26. The molecule has 1 amide bonds. The van der Waals surface area contributed by atoms with Crippen molar-refractivity contribution in [3.8, 4) is 5.75 Å². The molecule has 0 N–H and O–H groups in total. The second kappa shape index (κ2) is 13.3. The summed E-state index contributed by atoms with van der Waals surface area (Å²) < 4.78 is 15.7. The van der Waals surface area contributed by atoms with Crippen LogP contribution in [0.4, 0.5) is 5.69 Å². The van der Waals surface area contributed by atoms with Crippen LogP contribution in [-0.2, 0) is 19.1 Å². The molecule has 206 valence electrons. The summed E-state index contributed by atoms with van der Waals surface area (Å²) in [5.74, 6) is -2.73. The van der Waals surface area contributed by atoms with Crippen molar-refractivity contribution in [1.29, 1.82) is 0 Å². The van der Waals surface area contributed by atoms with Gasteiger partial charge in [0.25, 0.3) is 0 Å². The summed E-state index contributed by atoms with van der Waals surface area (Å²) in [6.45, 7) is 1.97. The Labute approximate surface area is 231 Å². The van der Waals surface area contributed by atoms with Crippen LogP contribution in [0.2, 0.25) is 0 Å². The number of ether oxygens (including phenoxy) is 3. The third-order valence-electron chi connectivity index (χ3n) is 6.35. The quantitative estimate of drug-likeness (QED) is 0.149. The van der Waals surface area contributed by atoms with E-state index >= 15 is 0 Å². The van der Waals surface area contributed by atoms with E-state index in [2.05, 4.69) is 0 Å². The van der Waals surface area contributed by atoms with E-state index in [-0.39, 0.29) is 30.2 Å². The van der Waals surface area contributed by atoms with Crippen molar-refractivity contribution in [1.82, 2.24) is 0 Å². The minimum absolute atomic E-state index is 0.0463. The van der Waals surface area contributed by atoms with Crippen LogP contribution in [0.3, 0.4) is 0 Å². The number of ketones is 1. The van der Waals surface area contributed by atoms with Crippen LogP contribution < -0.4 is 9.64 Å². The smallest absolute Gasteiger partial charge is 0.343 e. The average Bonchev–Trinajstić information content (AvgIpc) is 3.38. The molecule has 0 radical (unpaired) electrons. The summed E-state index contributed by atoms with van der Waals surface area (Å²) in [6, 6.07) is 20.9. The Morgan fingerprint density at radius 1 is 0.800 bits per heavy atom. The van der Waals surface area contributed by atoms with E-state index in [1.165, 1.54) is 29.2 Å². The van der Waals surface area contributed by atoms with E-state index < -0.39 is 36.2 Å². The van der Waals surface area contributed by atoms with E-state index in [0.29, 0.717) is 23.4 Å². The van der Waals surface area contributed by atoms with Crippen molar-refractivity contribution in [2.75, 3.05) is 24.7 Å². The van der Waals surface area contributed by atoms with E-state index in [4.69, 9.17) is 14.2 Å². The maximum Gasteiger partial charge on any atom is 0.343 e. The van der Waals surface area contributed by atoms with Crippen molar-refractivity contribution in [2.45, 2.75) is 26.2 Å². The maximum absolute atomic E-state index is 12.6. The molecule has 0 aliphatic carbocycles. The third-order valence-corrected chi connectivity index (χ3v) is 6.35. The predicted molar refractivity (Wildman–Crippen MR) is 145 cm³/mol. The van der Waals surface area contributed by atoms with Gasteiger partial charge >= 0.3 is 17.9 Å². The summed E-state index contributed by atoms with van der Waals surface area (Å²) in [5.41, 5.74) is 1.61. The lowest BCUT2D eigenvalue weighted by molar-refractivity contribution is -0.147. The second-order valence-corrected chi connectivity index (χ2v) is 9.25. The SMILES string of the molecule is CCCCOC(=O)c1ccc(N2C[C@@H](C(=O)OCC(=O)c3ccc(OC(=O)c4ccccc4)cc3)CC2=O)cc1. The number of carbonyl (C=O) groups is 5. The standard InChI is InChI=1S/C31H29NO8/c1-2-3-17-38-29(35)23-9-13-25(14-10-23)32-19-24(18-28(32)34)30(36)39-20-27(33)21-11-15-26(16-12-21)40-31(37)22-7-5-4-6-8-22/h4-16,24H,2-3,17-20H2,1H3/t24-/m0/s1. The number of benzene rings is 3. The number of hydrogen-bond acceptors (Lipinski definition) is 8. The molecule has 0 spiro atoms. The van der Waals surface area contributed by atoms with Gasteiger partial charge in [-0.25, -0.2) is 9.59 Å². The molecule has 40 heavy (non-hydrogen) atoms. The van der Waals surface area contributed by atoms with Gasteiger partial charge in [-0.15, -0.1) is 0 Å². The first kappa shape index (κ1) is 28.2. The number of carbonyl (C=O) groups excluding carboxylic acids is 5. The summed E-state index contributed by atoms with van der Waals surface area (Å²) in [7, 11) is 0. The number of Topliss-reactive ketones (excluding diaryl/α,β-unsaturated/α-hetero) is 1. The molecule has 3 aromatic rings. The van der Waals surface area contributed by atoms with Gasteiger partial charge in [0.1, 0.15) is 5.75 Å². The topological polar surface area (TPSA) is 116 Å². The first-order valence-electron chi connectivity index (χ1n) is 13.0. The van der Waals surface area contributed by atoms with Crippen molar-refractivity contribution in [3.63, 3.8) is 0 Å². The van der Waals surface area contributed by atoms with E-state index in [9.17, 15) is 24.0 Å². The van der Waals surface area contributed by atoms with Crippen molar-refractivity contribution < 1.29 is 38.2 Å². The molecule has 0 aromatic heterocycles. The zero-order valence-corrected chi connectivity index (χ0v) is 22.0. The fraction of sp³-hybridized carbons (Fsp3) is 0.258. The van der Waals surface area contributed by atoms with Gasteiger partial charge in [-0.1, -0.05) is 31.5 Å². The number of esters is 3. The van der Waals surface area contributed by atoms with Crippen LogP contribution in [-0.4, -0.2) is 49.4 Å². The molecule has 9 heteroatoms. The molecular weight excluding hydrogens is 514 g/mol. The fourth-order valence-corrected chi connectivity index (χ4v) is 4.07. The highest BCUT2D eigenvalue weighted by molar-refractivity contribution is 6.01. The highest BCUT2D eigenvalue weighted by atomic mass is 16.5. The monoisotopic (exact) mass is 543 g/mol. The van der Waals surface area contributed by atoms with Crippen LogP contribution in [0.1, 0.15) is 57.3 Å². The number of nitrogens with zero attached hydrogens (tertiary/aromatic N) is 1. The molecule has 1 atom stereocenters. The second-order valence-electron chi connectivity index (χ2n) is 9.25. The first-order valence-corrected chi connectivity index (χ1v) is 13.0. The largest absolute Gasteiger partial charge is 0.462 e. The van der Waals surface area contributed by atoms with Crippen LogP contribution in [0.15, 0.2) is 78.9 Å². The van der Waals surface area contributed by atoms with Crippen LogP contribution in [0.25, 0.3) is 0 Å². The predicted octanol–water partition coefficient (Wildman–Crippen LogP) is 4.64. The Hall–Kier alpha value is -4.79. The Morgan fingerprint density at radius 2 is 1.45 bits per heavy atom. The van der Waals surface area contributed by atoms with Gasteiger partial charge in [0.2, 0.25) is 5.91 Å². The van der Waals surface area contributed by atoms with E-state index in [0.717, 1.165) is 12.8 Å². The molecule has 4 rings (SSSR count). The first-order chi connectivity index (χ1) is 19.4. The summed E-state index contributed by atoms with van der Waals surface area (Å²) in [6.07, 6.45) is 1.66. The van der Waals surface area contributed by atoms with Gasteiger partial charge in [0.05, 0.1) is 23.7 Å². The molecular formula is C31H29NO8. The summed E-state index contributed by atoms with van der Waals surface area (Å²) >= 11 is 0. The van der Waals surface area contributed by atoms with Crippen molar-refractivity contribution >= 4 is 35.3 Å². The molecule has 3 aromatic carbocycles. The minimum atomic E-state index is -0.723. The normalized spacial score (nSPS) is 14.5. The number of hydrogen-bond donors (Lipinski definition) is 0. The number of anilines is 1. The number of rotatable bonds is 11. The lowest BCUT2D eigenvalue weighted by Gasteiger charge is -2.17. The van der Waals surface area contributed by atoms with Gasteiger partial charge in [0, 0.05) is 24.2 Å². The van der Waals surface area contributed by atoms with Crippen LogP contribution >= 0.6 is 0 Å². The van der Waals surface area contributed by atoms with E-state index in [1.807, 2.05) is 6.92 Å². The van der Waals surface area contributed by atoms with Gasteiger partial charge in [-0.3, -0.25) is 14.4 Å². The Morgan fingerprint density at radius 3 is 2.12 bits per heavy atom. The lowest BCUT2D eigenvalue weighted by Crippen LogP contribution is -2.27. The van der Waals surface area contributed by atoms with Crippen molar-refractivity contribution in [3.05, 3.63) is 95.6 Å². The van der Waals surface area contributed by atoms with Crippen LogP contribution in [0.5, 0.6) is 5.75 Å². The molecule has 0 saturated carbocycles. The lowest BCUT2D eigenvalue weighted by atomic mass is 10.1. The molecule has 0 bridgehead atoms. The summed E-state index contributed by atoms with van der Waals surface area (Å²) in [5, 5.41) is 0. The van der Waals surface area contributed by atoms with Crippen molar-refractivity contribution in [2.24, 2.45) is 5.92 Å². The molecule has 1 heterocycles. The molecule has 0 unspecified atom stereocenters. The fourth-order valence-electron chi connectivity index (χ4n) is 4.07. The van der Waals surface area contributed by atoms with Crippen LogP contribution in [0, 0.1) is 5.92 Å². The molecule has 1 fully saturated rings. The highest BCUT2D eigenvalue weighted by Gasteiger charge is 2.36. The average molecular weight is 544 g/mol. The molecule has 1 aliphatic rings.